The molecule has 0 aliphatic carbocycles. The van der Waals surface area contributed by atoms with Crippen molar-refractivity contribution in [1.82, 2.24) is 15.0 Å². The highest BCUT2D eigenvalue weighted by molar-refractivity contribution is 7.91. The first-order valence-electron chi connectivity index (χ1n) is 9.63. The fourth-order valence-corrected chi connectivity index (χ4v) is 3.51. The Morgan fingerprint density at radius 2 is 1.65 bits per heavy atom. The summed E-state index contributed by atoms with van der Waals surface area (Å²) in [5.41, 5.74) is -0.458. The van der Waals surface area contributed by atoms with Gasteiger partial charge in [-0.2, -0.15) is 15.0 Å². The molecule has 172 valence electrons. The van der Waals surface area contributed by atoms with Crippen molar-refractivity contribution in [2.24, 2.45) is 5.92 Å². The molecule has 2 atom stereocenters. The van der Waals surface area contributed by atoms with Crippen LogP contribution in [-0.4, -0.2) is 47.4 Å². The van der Waals surface area contributed by atoms with Crippen LogP contribution in [0.1, 0.15) is 44.5 Å². The van der Waals surface area contributed by atoms with Crippen LogP contribution in [0.2, 0.25) is 0 Å². The Morgan fingerprint density at radius 1 is 1.03 bits per heavy atom. The fourth-order valence-electron chi connectivity index (χ4n) is 3.09. The Bertz CT molecular complexity index is 1020. The van der Waals surface area contributed by atoms with Gasteiger partial charge in [0.15, 0.2) is 11.6 Å². The summed E-state index contributed by atoms with van der Waals surface area (Å²) in [4.78, 5) is 12.2. The number of anilines is 2. The largest absolute Gasteiger partial charge is 0.394 e. The van der Waals surface area contributed by atoms with Crippen molar-refractivity contribution in [1.29, 1.82) is 0 Å². The van der Waals surface area contributed by atoms with Crippen molar-refractivity contribution in [2.45, 2.75) is 45.6 Å². The summed E-state index contributed by atoms with van der Waals surface area (Å²) in [6.07, 6.45) is 1.38. The number of sulfonamides is 1. The third-order valence-electron chi connectivity index (χ3n) is 4.33. The lowest BCUT2D eigenvalue weighted by atomic mass is 9.96. The van der Waals surface area contributed by atoms with Crippen LogP contribution >= 0.6 is 0 Å². The molecule has 1 unspecified atom stereocenters. The molecule has 0 bridgehead atoms. The van der Waals surface area contributed by atoms with Crippen molar-refractivity contribution in [3.8, 4) is 0 Å². The Hall–Kier alpha value is -2.47. The zero-order valence-corrected chi connectivity index (χ0v) is 18.5. The van der Waals surface area contributed by atoms with Crippen LogP contribution in [0, 0.1) is 23.4 Å². The van der Waals surface area contributed by atoms with Crippen LogP contribution in [-0.2, 0) is 16.4 Å². The first-order chi connectivity index (χ1) is 14.4. The van der Waals surface area contributed by atoms with Crippen molar-refractivity contribution >= 4 is 21.9 Å². The van der Waals surface area contributed by atoms with Gasteiger partial charge in [0.25, 0.3) is 0 Å². The smallest absolute Gasteiger partial charge is 0.241 e. The predicted molar refractivity (Wildman–Crippen MR) is 111 cm³/mol. The first-order valence-corrected chi connectivity index (χ1v) is 11.5. The Kier molecular flexibility index (Phi) is 8.18. The molecule has 2 rings (SSSR count). The van der Waals surface area contributed by atoms with Gasteiger partial charge in [-0.15, -0.1) is 0 Å². The standard InChI is InChI=1S/C19H26F3N5O3S/c1-10(2)7-12(9-28)23-18-24-15(25-19(26-18)27-31(4,29)30)8-11(3)16-13(20)5-6-14(21)17(16)22/h5-6,10-12,28H,7-9H2,1-4H3,(H2,23,24,25,26,27)/t11?,12-/m1/s1. The van der Waals surface area contributed by atoms with Gasteiger partial charge >= 0.3 is 0 Å². The summed E-state index contributed by atoms with van der Waals surface area (Å²) >= 11 is 0. The van der Waals surface area contributed by atoms with E-state index in [9.17, 15) is 26.7 Å². The predicted octanol–water partition coefficient (Wildman–Crippen LogP) is 2.83. The van der Waals surface area contributed by atoms with E-state index in [0.717, 1.165) is 12.3 Å². The van der Waals surface area contributed by atoms with Crippen LogP contribution < -0.4 is 10.0 Å². The third kappa shape index (κ3) is 7.31. The minimum absolute atomic E-state index is 0.0109. The molecule has 1 aromatic heterocycles. The summed E-state index contributed by atoms with van der Waals surface area (Å²) in [6.45, 7) is 5.17. The van der Waals surface area contributed by atoms with Gasteiger partial charge < -0.3 is 10.4 Å². The molecule has 0 amide bonds. The second kappa shape index (κ2) is 10.2. The summed E-state index contributed by atoms with van der Waals surface area (Å²) < 4.78 is 67.2. The fraction of sp³-hybridized carbons (Fsp3) is 0.526. The van der Waals surface area contributed by atoms with Crippen LogP contribution in [0.15, 0.2) is 12.1 Å². The van der Waals surface area contributed by atoms with E-state index in [1.165, 1.54) is 6.92 Å². The molecule has 8 nitrogen and oxygen atoms in total. The van der Waals surface area contributed by atoms with E-state index in [1.807, 2.05) is 13.8 Å². The van der Waals surface area contributed by atoms with Crippen LogP contribution in [0.4, 0.5) is 25.1 Å². The maximum Gasteiger partial charge on any atom is 0.241 e. The number of aromatic nitrogens is 3. The highest BCUT2D eigenvalue weighted by Gasteiger charge is 2.22. The second-order valence-corrected chi connectivity index (χ2v) is 9.54. The maximum absolute atomic E-state index is 14.1. The molecule has 0 spiro atoms. The van der Waals surface area contributed by atoms with Crippen molar-refractivity contribution in [3.63, 3.8) is 0 Å². The SMILES string of the molecule is CC(C)C[C@H](CO)Nc1nc(CC(C)c2c(F)ccc(F)c2F)nc(NS(C)(=O)=O)n1. The van der Waals surface area contributed by atoms with Crippen molar-refractivity contribution in [2.75, 3.05) is 22.9 Å². The monoisotopic (exact) mass is 461 g/mol. The number of hydrogen-bond donors (Lipinski definition) is 3. The lowest BCUT2D eigenvalue weighted by molar-refractivity contribution is 0.259. The number of halogens is 3. The van der Waals surface area contributed by atoms with Gasteiger partial charge in [-0.3, -0.25) is 4.72 Å². The number of benzene rings is 1. The van der Waals surface area contributed by atoms with E-state index in [-0.39, 0.29) is 36.7 Å². The number of aliphatic hydroxyl groups is 1. The summed E-state index contributed by atoms with van der Waals surface area (Å²) in [5.74, 6) is -4.27. The molecule has 0 fully saturated rings. The molecule has 0 saturated heterocycles. The number of aliphatic hydroxyl groups excluding tert-OH is 1. The molecule has 3 N–H and O–H groups in total. The Labute approximate surface area is 179 Å². The second-order valence-electron chi connectivity index (χ2n) is 7.79. The van der Waals surface area contributed by atoms with Crippen molar-refractivity contribution < 1.29 is 26.7 Å². The van der Waals surface area contributed by atoms with Crippen LogP contribution in [0.5, 0.6) is 0 Å². The molecule has 0 aliphatic heterocycles. The zero-order valence-electron chi connectivity index (χ0n) is 17.7. The topological polar surface area (TPSA) is 117 Å². The molecule has 2 aromatic rings. The quantitative estimate of drug-likeness (QED) is 0.466. The molecule has 12 heteroatoms. The highest BCUT2D eigenvalue weighted by atomic mass is 32.2. The number of hydrogen-bond acceptors (Lipinski definition) is 7. The van der Waals surface area contributed by atoms with Crippen LogP contribution in [0.25, 0.3) is 0 Å². The lowest BCUT2D eigenvalue weighted by Gasteiger charge is -2.19. The third-order valence-corrected chi connectivity index (χ3v) is 4.88. The number of nitrogens with zero attached hydrogens (tertiary/aromatic N) is 3. The van der Waals surface area contributed by atoms with Crippen LogP contribution in [0.3, 0.4) is 0 Å². The lowest BCUT2D eigenvalue weighted by Crippen LogP contribution is -2.27. The number of nitrogens with one attached hydrogen (secondary N) is 2. The zero-order chi connectivity index (χ0) is 23.3. The first kappa shape index (κ1) is 24.8. The van der Waals surface area contributed by atoms with E-state index in [4.69, 9.17) is 0 Å². The van der Waals surface area contributed by atoms with Gasteiger partial charge in [0.1, 0.15) is 11.6 Å². The molecular formula is C19H26F3N5O3S. The minimum Gasteiger partial charge on any atom is -0.394 e. The molecule has 31 heavy (non-hydrogen) atoms. The average molecular weight is 462 g/mol. The summed E-state index contributed by atoms with van der Waals surface area (Å²) in [6, 6.07) is 1.12. The van der Waals surface area contributed by atoms with Gasteiger partial charge in [-0.25, -0.2) is 21.6 Å². The molecule has 0 aliphatic rings. The molecule has 0 saturated carbocycles. The van der Waals surface area contributed by atoms with Gasteiger partial charge in [0.05, 0.1) is 18.9 Å². The Balaban J connectivity index is 2.39. The minimum atomic E-state index is -3.71. The molecule has 1 heterocycles. The van der Waals surface area contributed by atoms with Gasteiger partial charge in [-0.05, 0) is 30.4 Å². The normalized spacial score (nSPS) is 13.8. The average Bonchev–Trinajstić information content (AvgIpc) is 2.62. The molecular weight excluding hydrogens is 435 g/mol. The Morgan fingerprint density at radius 3 is 2.23 bits per heavy atom. The summed E-state index contributed by atoms with van der Waals surface area (Å²) in [5, 5.41) is 12.5. The maximum atomic E-state index is 14.1. The number of rotatable bonds is 10. The van der Waals surface area contributed by atoms with Gasteiger partial charge in [0, 0.05) is 12.0 Å². The summed E-state index contributed by atoms with van der Waals surface area (Å²) in [7, 11) is -3.71. The van der Waals surface area contributed by atoms with Gasteiger partial charge in [0.2, 0.25) is 21.9 Å². The van der Waals surface area contributed by atoms with E-state index in [1.54, 1.807) is 0 Å². The van der Waals surface area contributed by atoms with E-state index < -0.39 is 45.0 Å². The van der Waals surface area contributed by atoms with Crippen molar-refractivity contribution in [3.05, 3.63) is 41.0 Å². The van der Waals surface area contributed by atoms with E-state index in [2.05, 4.69) is 25.0 Å². The van der Waals surface area contributed by atoms with Gasteiger partial charge in [-0.1, -0.05) is 20.8 Å². The molecule has 0 radical (unpaired) electrons. The highest BCUT2D eigenvalue weighted by Crippen LogP contribution is 2.27. The van der Waals surface area contributed by atoms with E-state index in [0.29, 0.717) is 12.5 Å². The molecule has 1 aromatic carbocycles. The van der Waals surface area contributed by atoms with E-state index >= 15 is 0 Å².